The van der Waals surface area contributed by atoms with Crippen molar-refractivity contribution in [2.75, 3.05) is 12.4 Å². The molecule has 2 heterocycles. The number of rotatable bonds is 3. The zero-order valence-electron chi connectivity index (χ0n) is 8.17. The second kappa shape index (κ2) is 4.22. The Morgan fingerprint density at radius 2 is 2.47 bits per heavy atom. The molecular formula is C9H10N4OS. The van der Waals surface area contributed by atoms with E-state index < -0.39 is 0 Å². The van der Waals surface area contributed by atoms with Crippen molar-refractivity contribution in [1.82, 2.24) is 14.5 Å². The van der Waals surface area contributed by atoms with Gasteiger partial charge in [-0.15, -0.1) is 11.3 Å². The number of hydrogen-bond acceptors (Lipinski definition) is 5. The third-order valence-electron chi connectivity index (χ3n) is 1.90. The monoisotopic (exact) mass is 222 g/mol. The summed E-state index contributed by atoms with van der Waals surface area (Å²) in [6.07, 6.45) is 1.50. The molecule has 0 amide bonds. The smallest absolute Gasteiger partial charge is 0.352 e. The second-order valence-corrected chi connectivity index (χ2v) is 3.95. The summed E-state index contributed by atoms with van der Waals surface area (Å²) in [6.45, 7) is 0.528. The Morgan fingerprint density at radius 1 is 1.60 bits per heavy atom. The van der Waals surface area contributed by atoms with Gasteiger partial charge >= 0.3 is 5.69 Å². The molecule has 2 aromatic heterocycles. The van der Waals surface area contributed by atoms with Crippen molar-refractivity contribution in [3.8, 4) is 0 Å². The van der Waals surface area contributed by atoms with Crippen molar-refractivity contribution in [3.05, 3.63) is 39.2 Å². The summed E-state index contributed by atoms with van der Waals surface area (Å²) in [5.41, 5.74) is -0.289. The first kappa shape index (κ1) is 9.85. The molecule has 15 heavy (non-hydrogen) atoms. The van der Waals surface area contributed by atoms with E-state index in [1.54, 1.807) is 18.4 Å². The van der Waals surface area contributed by atoms with E-state index in [4.69, 9.17) is 0 Å². The second-order valence-electron chi connectivity index (χ2n) is 2.92. The van der Waals surface area contributed by atoms with E-state index in [1.807, 2.05) is 17.5 Å². The molecule has 0 aliphatic carbocycles. The Balaban J connectivity index is 2.26. The Labute approximate surface area is 90.4 Å². The van der Waals surface area contributed by atoms with Gasteiger partial charge in [0.2, 0.25) is 5.95 Å². The SMILES string of the molecule is CNc1ncn(Cc2cccs2)c(=O)n1. The number of nitrogens with one attached hydrogen (secondary N) is 1. The Bertz CT molecular complexity index is 491. The molecule has 5 nitrogen and oxygen atoms in total. The van der Waals surface area contributed by atoms with Crippen LogP contribution >= 0.6 is 11.3 Å². The highest BCUT2D eigenvalue weighted by molar-refractivity contribution is 7.09. The molecular weight excluding hydrogens is 212 g/mol. The third kappa shape index (κ3) is 2.21. The van der Waals surface area contributed by atoms with E-state index >= 15 is 0 Å². The largest absolute Gasteiger partial charge is 0.357 e. The lowest BCUT2D eigenvalue weighted by Crippen LogP contribution is -2.24. The van der Waals surface area contributed by atoms with Gasteiger partial charge in [0, 0.05) is 11.9 Å². The van der Waals surface area contributed by atoms with Crippen molar-refractivity contribution >= 4 is 17.3 Å². The fourth-order valence-corrected chi connectivity index (χ4v) is 1.86. The molecule has 0 saturated carbocycles. The molecule has 0 atom stereocenters. The first-order valence-corrected chi connectivity index (χ1v) is 5.31. The van der Waals surface area contributed by atoms with Crippen LogP contribution in [0.5, 0.6) is 0 Å². The van der Waals surface area contributed by atoms with E-state index in [-0.39, 0.29) is 5.69 Å². The van der Waals surface area contributed by atoms with Gasteiger partial charge in [0.05, 0.1) is 6.54 Å². The van der Waals surface area contributed by atoms with Gasteiger partial charge in [0.15, 0.2) is 0 Å². The molecule has 0 bridgehead atoms. The lowest BCUT2D eigenvalue weighted by atomic mass is 10.5. The van der Waals surface area contributed by atoms with Crippen LogP contribution in [-0.4, -0.2) is 21.6 Å². The Hall–Kier alpha value is -1.69. The van der Waals surface area contributed by atoms with Crippen molar-refractivity contribution < 1.29 is 0 Å². The minimum absolute atomic E-state index is 0.289. The van der Waals surface area contributed by atoms with Crippen LogP contribution in [0.1, 0.15) is 4.88 Å². The lowest BCUT2D eigenvalue weighted by Gasteiger charge is -2.02. The van der Waals surface area contributed by atoms with E-state index in [1.165, 1.54) is 10.9 Å². The Morgan fingerprint density at radius 3 is 3.07 bits per heavy atom. The van der Waals surface area contributed by atoms with Crippen molar-refractivity contribution in [2.45, 2.75) is 6.54 Å². The highest BCUT2D eigenvalue weighted by Gasteiger charge is 2.01. The first-order valence-electron chi connectivity index (χ1n) is 4.43. The van der Waals surface area contributed by atoms with Gasteiger partial charge in [-0.3, -0.25) is 4.57 Å². The summed E-state index contributed by atoms with van der Waals surface area (Å²) < 4.78 is 1.48. The zero-order chi connectivity index (χ0) is 10.7. The van der Waals surface area contributed by atoms with E-state index in [0.29, 0.717) is 12.5 Å². The molecule has 0 aliphatic heterocycles. The van der Waals surface area contributed by atoms with E-state index in [2.05, 4.69) is 15.3 Å². The van der Waals surface area contributed by atoms with Gasteiger partial charge in [-0.2, -0.15) is 4.98 Å². The number of aromatic nitrogens is 3. The quantitative estimate of drug-likeness (QED) is 0.834. The minimum Gasteiger partial charge on any atom is -0.357 e. The number of anilines is 1. The molecule has 0 unspecified atom stereocenters. The van der Waals surface area contributed by atoms with Crippen LogP contribution < -0.4 is 11.0 Å². The number of nitrogens with zero attached hydrogens (tertiary/aromatic N) is 3. The predicted octanol–water partition coefficient (Wildman–Crippen LogP) is 0.790. The summed E-state index contributed by atoms with van der Waals surface area (Å²) in [6, 6.07) is 3.93. The lowest BCUT2D eigenvalue weighted by molar-refractivity contribution is 0.710. The van der Waals surface area contributed by atoms with E-state index in [0.717, 1.165) is 4.88 Å². The fourth-order valence-electron chi connectivity index (χ4n) is 1.16. The highest BCUT2D eigenvalue weighted by Crippen LogP contribution is 2.08. The molecule has 0 radical (unpaired) electrons. The average molecular weight is 222 g/mol. The van der Waals surface area contributed by atoms with Gasteiger partial charge in [-0.05, 0) is 11.4 Å². The van der Waals surface area contributed by atoms with Crippen molar-refractivity contribution in [2.24, 2.45) is 0 Å². The summed E-state index contributed by atoms with van der Waals surface area (Å²) in [5.74, 6) is 0.349. The fraction of sp³-hybridized carbons (Fsp3) is 0.222. The molecule has 2 aromatic rings. The van der Waals surface area contributed by atoms with Crippen LogP contribution in [0.25, 0.3) is 0 Å². The topological polar surface area (TPSA) is 59.8 Å². The van der Waals surface area contributed by atoms with Crippen LogP contribution in [0.2, 0.25) is 0 Å². The zero-order valence-corrected chi connectivity index (χ0v) is 8.99. The maximum absolute atomic E-state index is 11.5. The molecule has 1 N–H and O–H groups in total. The number of hydrogen-bond donors (Lipinski definition) is 1. The molecule has 0 fully saturated rings. The van der Waals surface area contributed by atoms with Gasteiger partial charge in [0.25, 0.3) is 0 Å². The molecule has 2 rings (SSSR count). The van der Waals surface area contributed by atoms with Gasteiger partial charge in [-0.25, -0.2) is 9.78 Å². The summed E-state index contributed by atoms with van der Waals surface area (Å²) in [4.78, 5) is 20.4. The standard InChI is InChI=1S/C9H10N4OS/c1-10-8-11-6-13(9(14)12-8)5-7-3-2-4-15-7/h2-4,6H,5H2,1H3,(H,10,12,14). The van der Waals surface area contributed by atoms with Crippen LogP contribution in [0.15, 0.2) is 28.6 Å². The first-order chi connectivity index (χ1) is 7.29. The maximum Gasteiger partial charge on any atom is 0.352 e. The van der Waals surface area contributed by atoms with E-state index in [9.17, 15) is 4.79 Å². The normalized spacial score (nSPS) is 10.2. The minimum atomic E-state index is -0.289. The van der Waals surface area contributed by atoms with Crippen LogP contribution in [0.4, 0.5) is 5.95 Å². The third-order valence-corrected chi connectivity index (χ3v) is 2.76. The summed E-state index contributed by atoms with van der Waals surface area (Å²) in [5, 5.41) is 4.70. The molecule has 0 aliphatic rings. The van der Waals surface area contributed by atoms with Gasteiger partial charge < -0.3 is 5.32 Å². The van der Waals surface area contributed by atoms with Crippen molar-refractivity contribution in [3.63, 3.8) is 0 Å². The van der Waals surface area contributed by atoms with Crippen LogP contribution in [0, 0.1) is 0 Å². The molecule has 0 aromatic carbocycles. The number of thiophene rings is 1. The molecule has 78 valence electrons. The Kier molecular flexibility index (Phi) is 2.77. The van der Waals surface area contributed by atoms with Crippen molar-refractivity contribution in [1.29, 1.82) is 0 Å². The van der Waals surface area contributed by atoms with Crippen LogP contribution in [0.3, 0.4) is 0 Å². The summed E-state index contributed by atoms with van der Waals surface area (Å²) >= 11 is 1.61. The predicted molar refractivity (Wildman–Crippen MR) is 59.3 cm³/mol. The summed E-state index contributed by atoms with van der Waals surface area (Å²) in [7, 11) is 1.68. The molecule has 6 heteroatoms. The van der Waals surface area contributed by atoms with Gasteiger partial charge in [0.1, 0.15) is 6.33 Å². The molecule has 0 spiro atoms. The van der Waals surface area contributed by atoms with Crippen LogP contribution in [-0.2, 0) is 6.54 Å². The molecule has 0 saturated heterocycles. The maximum atomic E-state index is 11.5. The highest BCUT2D eigenvalue weighted by atomic mass is 32.1. The average Bonchev–Trinajstić information content (AvgIpc) is 2.74. The van der Waals surface area contributed by atoms with Gasteiger partial charge in [-0.1, -0.05) is 6.07 Å².